The number of benzene rings is 2. The van der Waals surface area contributed by atoms with Gasteiger partial charge in [-0.25, -0.2) is 0 Å². The Hall–Kier alpha value is -3.52. The van der Waals surface area contributed by atoms with Crippen molar-refractivity contribution < 1.29 is 29.6 Å². The van der Waals surface area contributed by atoms with E-state index in [9.17, 15) is 24.9 Å². The summed E-state index contributed by atoms with van der Waals surface area (Å²) in [6, 6.07) is 13.8. The second kappa shape index (κ2) is 16.7. The van der Waals surface area contributed by atoms with E-state index < -0.39 is 36.1 Å². The van der Waals surface area contributed by atoms with Crippen molar-refractivity contribution >= 4 is 29.1 Å². The van der Waals surface area contributed by atoms with Gasteiger partial charge >= 0.3 is 0 Å². The first-order valence-electron chi connectivity index (χ1n) is 14.9. The Morgan fingerprint density at radius 3 is 2.49 bits per heavy atom. The van der Waals surface area contributed by atoms with Crippen molar-refractivity contribution in [1.29, 1.82) is 0 Å². The van der Waals surface area contributed by atoms with Crippen LogP contribution in [0.4, 0.5) is 0 Å². The Labute approximate surface area is 270 Å². The predicted molar refractivity (Wildman–Crippen MR) is 179 cm³/mol. The normalized spacial score (nSPS) is 21.6. The van der Waals surface area contributed by atoms with Crippen LogP contribution < -0.4 is 10.6 Å². The SMILES string of the molecule is C#CCN(C)CCNC(=O)C(C)(C)NC(=O)C/C=C/c1ccc(Cc2cc([C@@H]3OC(C#SC)[C@@H](O)[C@H](O)[C@H]3O)ccc2C)cc1. The van der Waals surface area contributed by atoms with Gasteiger partial charge in [-0.2, -0.15) is 0 Å². The predicted octanol–water partition coefficient (Wildman–Crippen LogP) is 2.41. The Morgan fingerprint density at radius 1 is 1.11 bits per heavy atom. The zero-order chi connectivity index (χ0) is 33.1. The second-order valence-electron chi connectivity index (χ2n) is 11.9. The number of hydrogen-bond acceptors (Lipinski definition) is 7. The number of amides is 2. The molecule has 1 heterocycles. The van der Waals surface area contributed by atoms with Gasteiger partial charge in [-0.3, -0.25) is 14.5 Å². The maximum absolute atomic E-state index is 12.6. The Bertz CT molecular complexity index is 1460. The summed E-state index contributed by atoms with van der Waals surface area (Å²) in [6.45, 7) is 6.89. The maximum atomic E-state index is 12.6. The lowest BCUT2D eigenvalue weighted by Crippen LogP contribution is -2.55. The molecule has 1 aliphatic heterocycles. The second-order valence-corrected chi connectivity index (χ2v) is 12.5. The summed E-state index contributed by atoms with van der Waals surface area (Å²) in [5.74, 6) is 2.03. The number of rotatable bonds is 12. The van der Waals surface area contributed by atoms with E-state index in [4.69, 9.17) is 11.2 Å². The quantitative estimate of drug-likeness (QED) is 0.227. The van der Waals surface area contributed by atoms with Crippen LogP contribution in [0.2, 0.25) is 0 Å². The van der Waals surface area contributed by atoms with Gasteiger partial charge in [0.15, 0.2) is 0 Å². The van der Waals surface area contributed by atoms with Gasteiger partial charge < -0.3 is 30.7 Å². The van der Waals surface area contributed by atoms with Crippen LogP contribution in [0.3, 0.4) is 0 Å². The van der Waals surface area contributed by atoms with Crippen LogP contribution in [0.25, 0.3) is 6.08 Å². The molecule has 9 nitrogen and oxygen atoms in total. The van der Waals surface area contributed by atoms with Gasteiger partial charge in [0.25, 0.3) is 0 Å². The molecule has 0 spiro atoms. The highest BCUT2D eigenvalue weighted by Gasteiger charge is 2.43. The van der Waals surface area contributed by atoms with Crippen molar-refractivity contribution in [2.75, 3.05) is 32.9 Å². The molecular weight excluding hydrogens is 590 g/mol. The average Bonchev–Trinajstić information content (AvgIpc) is 2.99. The van der Waals surface area contributed by atoms with Crippen molar-refractivity contribution in [3.8, 4) is 17.5 Å². The number of likely N-dealkylation sites (N-methyl/N-ethyl adjacent to an activating group) is 1. The number of ether oxygens (including phenoxy) is 1. The lowest BCUT2D eigenvalue weighted by Gasteiger charge is -2.39. The molecule has 1 unspecified atom stereocenters. The van der Waals surface area contributed by atoms with E-state index in [0.717, 1.165) is 22.3 Å². The highest BCUT2D eigenvalue weighted by Crippen LogP contribution is 2.33. The minimum atomic E-state index is -1.35. The molecule has 2 amide bonds. The zero-order valence-corrected chi connectivity index (χ0v) is 27.4. The highest BCUT2D eigenvalue weighted by atomic mass is 32.1. The molecule has 2 aromatic carbocycles. The van der Waals surface area contributed by atoms with Crippen LogP contribution in [-0.2, 0) is 20.7 Å². The lowest BCUT2D eigenvalue weighted by molar-refractivity contribution is -0.209. The van der Waals surface area contributed by atoms with E-state index >= 15 is 0 Å². The molecule has 242 valence electrons. The standard InChI is InChI=1S/C35H45N3O6S/c1-7-18-38(5)19-17-36-34(43)35(3,4)37-29(39)10-8-9-24-12-14-25(15-13-24)20-27-21-26(16-11-23(27)2)33-32(42)31(41)30(40)28(44-33)22-45-6/h1,8-9,11-16,21,28,30-33,40-42H,10,17-20H2,2-6H3,(H,36,43)(H,37,39)/b9-8+/t28?,30-,31+,32-,33+/m1/s1. The number of aryl methyl sites for hydroxylation is 1. The van der Waals surface area contributed by atoms with Crippen LogP contribution in [0, 0.1) is 24.5 Å². The van der Waals surface area contributed by atoms with Crippen molar-refractivity contribution in [2.45, 2.75) is 69.7 Å². The lowest BCUT2D eigenvalue weighted by atomic mass is 9.89. The summed E-state index contributed by atoms with van der Waals surface area (Å²) < 4.78 is 5.94. The van der Waals surface area contributed by atoms with Gasteiger partial charge in [0.05, 0.1) is 6.54 Å². The van der Waals surface area contributed by atoms with Gasteiger partial charge in [0.2, 0.25) is 11.8 Å². The van der Waals surface area contributed by atoms with Gasteiger partial charge in [-0.1, -0.05) is 65.7 Å². The molecule has 2 aromatic rings. The van der Waals surface area contributed by atoms with Crippen LogP contribution in [0.1, 0.15) is 54.2 Å². The van der Waals surface area contributed by atoms with Gasteiger partial charge in [-0.05, 0) is 62.1 Å². The summed E-state index contributed by atoms with van der Waals surface area (Å²) in [5.41, 5.74) is 3.79. The molecule has 0 radical (unpaired) electrons. The minimum absolute atomic E-state index is 0.128. The van der Waals surface area contributed by atoms with Crippen LogP contribution in [0.15, 0.2) is 48.5 Å². The van der Waals surface area contributed by atoms with Crippen molar-refractivity contribution in [2.24, 2.45) is 0 Å². The Balaban J connectivity index is 1.56. The van der Waals surface area contributed by atoms with E-state index in [2.05, 4.69) is 21.7 Å². The van der Waals surface area contributed by atoms with Gasteiger partial charge in [0.1, 0.15) is 36.1 Å². The number of nitrogens with one attached hydrogen (secondary N) is 2. The number of terminal acetylenes is 1. The van der Waals surface area contributed by atoms with Crippen molar-refractivity contribution in [3.05, 3.63) is 76.4 Å². The van der Waals surface area contributed by atoms with Gasteiger partial charge in [0, 0.05) is 25.8 Å². The van der Waals surface area contributed by atoms with E-state index in [0.29, 0.717) is 31.6 Å². The maximum Gasteiger partial charge on any atom is 0.245 e. The molecule has 0 bridgehead atoms. The Kier molecular flexibility index (Phi) is 13.3. The number of nitrogens with zero attached hydrogens (tertiary/aromatic N) is 1. The number of carbonyl (C=O) groups excluding carboxylic acids is 2. The topological polar surface area (TPSA) is 131 Å². The summed E-state index contributed by atoms with van der Waals surface area (Å²) >= 11 is 1.26. The molecule has 0 saturated carbocycles. The molecule has 1 saturated heterocycles. The van der Waals surface area contributed by atoms with Crippen LogP contribution >= 0.6 is 11.2 Å². The third-order valence-corrected chi connectivity index (χ3v) is 8.16. The summed E-state index contributed by atoms with van der Waals surface area (Å²) in [7, 11) is 1.87. The summed E-state index contributed by atoms with van der Waals surface area (Å²) in [4.78, 5) is 27.0. The van der Waals surface area contributed by atoms with E-state index in [1.54, 1.807) is 26.2 Å². The zero-order valence-electron chi connectivity index (χ0n) is 26.6. The monoisotopic (exact) mass is 635 g/mol. The fraction of sp³-hybridized carbons (Fsp3) is 0.457. The average molecular weight is 636 g/mol. The fourth-order valence-electron chi connectivity index (χ4n) is 4.97. The smallest absolute Gasteiger partial charge is 0.245 e. The third kappa shape index (κ3) is 10.2. The minimum Gasteiger partial charge on any atom is -0.387 e. The van der Waals surface area contributed by atoms with E-state index in [-0.39, 0.29) is 18.2 Å². The third-order valence-electron chi connectivity index (χ3n) is 7.70. The molecule has 0 aliphatic carbocycles. The van der Waals surface area contributed by atoms with E-state index in [1.165, 1.54) is 11.2 Å². The first-order chi connectivity index (χ1) is 21.4. The molecule has 1 aliphatic rings. The molecule has 5 atom stereocenters. The summed E-state index contributed by atoms with van der Waals surface area (Å²) in [6.07, 6.45) is 5.98. The largest absolute Gasteiger partial charge is 0.387 e. The van der Waals surface area contributed by atoms with Crippen LogP contribution in [0.5, 0.6) is 0 Å². The number of carbonyl (C=O) groups is 2. The first-order valence-corrected chi connectivity index (χ1v) is 16.1. The molecule has 10 heteroatoms. The van der Waals surface area contributed by atoms with Gasteiger partial charge in [-0.15, -0.1) is 17.6 Å². The van der Waals surface area contributed by atoms with E-state index in [1.807, 2.05) is 67.4 Å². The summed E-state index contributed by atoms with van der Waals surface area (Å²) in [5, 5.41) is 39.9. The highest BCUT2D eigenvalue weighted by molar-refractivity contribution is 7.87. The number of aliphatic hydroxyl groups excluding tert-OH is 3. The molecule has 1 fully saturated rings. The molecule has 3 rings (SSSR count). The van der Waals surface area contributed by atoms with Crippen molar-refractivity contribution in [1.82, 2.24) is 15.5 Å². The van der Waals surface area contributed by atoms with Crippen LogP contribution in [-0.4, -0.2) is 94.9 Å². The molecule has 5 N–H and O–H groups in total. The number of aliphatic hydroxyl groups is 3. The molecule has 45 heavy (non-hydrogen) atoms. The number of hydrogen-bond donors (Lipinski definition) is 5. The Morgan fingerprint density at radius 2 is 1.82 bits per heavy atom. The fourth-order valence-corrected chi connectivity index (χ4v) is 5.40. The first kappa shape index (κ1) is 36.0. The van der Waals surface area contributed by atoms with Crippen molar-refractivity contribution in [3.63, 3.8) is 0 Å². The molecular formula is C35H45N3O6S. The molecule has 0 aromatic heterocycles.